The Balaban J connectivity index is 1.56. The van der Waals surface area contributed by atoms with Gasteiger partial charge < -0.3 is 20.1 Å². The number of aliphatic hydroxyl groups is 1. The van der Waals surface area contributed by atoms with Crippen LogP contribution in [-0.2, 0) is 24.7 Å². The first kappa shape index (κ1) is 18.5. The molecule has 1 heterocycles. The molecule has 0 radical (unpaired) electrons. The van der Waals surface area contributed by atoms with Gasteiger partial charge in [-0.05, 0) is 79.5 Å². The Hall–Kier alpha value is -2.24. The molecule has 5 nitrogen and oxygen atoms in total. The van der Waals surface area contributed by atoms with Crippen molar-refractivity contribution in [3.8, 4) is 17.2 Å². The molecule has 0 spiro atoms. The summed E-state index contributed by atoms with van der Waals surface area (Å²) in [6.45, 7) is 1.97. The highest BCUT2D eigenvalue weighted by molar-refractivity contribution is 5.60. The average Bonchev–Trinajstić information content (AvgIpc) is 3.54. The fraction of sp³-hybridized carbons (Fsp3) is 0.520. The minimum Gasteiger partial charge on any atom is -0.504 e. The summed E-state index contributed by atoms with van der Waals surface area (Å²) in [7, 11) is 1.67. The number of hydrogen-bond donors (Lipinski definition) is 3. The predicted molar refractivity (Wildman–Crippen MR) is 113 cm³/mol. The van der Waals surface area contributed by atoms with Gasteiger partial charge in [-0.1, -0.05) is 12.1 Å². The van der Waals surface area contributed by atoms with Crippen molar-refractivity contribution in [3.05, 3.63) is 52.6 Å². The number of aromatic hydroxyl groups is 2. The molecule has 3 aliphatic carbocycles. The van der Waals surface area contributed by atoms with E-state index in [2.05, 4.69) is 17.0 Å². The number of hydrogen-bond acceptors (Lipinski definition) is 5. The number of methoxy groups -OCH3 is 1. The highest BCUT2D eigenvalue weighted by atomic mass is 16.5. The second-order valence-electron chi connectivity index (χ2n) is 9.87. The molecule has 30 heavy (non-hydrogen) atoms. The van der Waals surface area contributed by atoms with Crippen LogP contribution < -0.4 is 4.74 Å². The summed E-state index contributed by atoms with van der Waals surface area (Å²) in [6, 6.07) is 9.69. The second-order valence-corrected chi connectivity index (χ2v) is 9.87. The van der Waals surface area contributed by atoms with E-state index < -0.39 is 11.0 Å². The minimum atomic E-state index is -0.972. The van der Waals surface area contributed by atoms with Crippen molar-refractivity contribution in [2.24, 2.45) is 5.92 Å². The predicted octanol–water partition coefficient (Wildman–Crippen LogP) is 2.91. The molecule has 1 aliphatic heterocycles. The normalized spacial score (nSPS) is 32.1. The first-order valence-corrected chi connectivity index (χ1v) is 11.1. The van der Waals surface area contributed by atoms with E-state index >= 15 is 0 Å². The molecule has 0 aromatic heterocycles. The Morgan fingerprint density at radius 3 is 2.63 bits per heavy atom. The molecule has 6 rings (SSSR count). The van der Waals surface area contributed by atoms with Gasteiger partial charge in [0.2, 0.25) is 0 Å². The Labute approximate surface area is 176 Å². The molecule has 3 atom stereocenters. The van der Waals surface area contributed by atoms with Crippen molar-refractivity contribution in [3.63, 3.8) is 0 Å². The number of piperidine rings is 1. The van der Waals surface area contributed by atoms with Gasteiger partial charge in [-0.3, -0.25) is 4.90 Å². The van der Waals surface area contributed by atoms with Crippen LogP contribution in [0.5, 0.6) is 17.2 Å². The summed E-state index contributed by atoms with van der Waals surface area (Å²) in [5, 5.41) is 33.7. The number of benzene rings is 2. The van der Waals surface area contributed by atoms with Gasteiger partial charge in [0.05, 0.1) is 12.7 Å². The van der Waals surface area contributed by atoms with Crippen LogP contribution in [-0.4, -0.2) is 52.1 Å². The van der Waals surface area contributed by atoms with E-state index in [1.54, 1.807) is 13.2 Å². The van der Waals surface area contributed by atoms with Gasteiger partial charge in [0, 0.05) is 30.0 Å². The SMILES string of the molecule is COc1ccc2c(c1)C[C@]13CCN(CC4CC4)[C@H](Cc4ccc(O)c(O)c41)[C@]3(O)C2. The Morgan fingerprint density at radius 1 is 1.07 bits per heavy atom. The maximum atomic E-state index is 12.4. The van der Waals surface area contributed by atoms with E-state index in [0.717, 1.165) is 47.9 Å². The first-order chi connectivity index (χ1) is 14.4. The molecular weight excluding hydrogens is 378 g/mol. The number of likely N-dealkylation sites (tertiary alicyclic amines) is 1. The lowest BCUT2D eigenvalue weighted by Gasteiger charge is -2.64. The van der Waals surface area contributed by atoms with E-state index in [1.165, 1.54) is 18.4 Å². The molecule has 2 aromatic rings. The number of rotatable bonds is 3. The van der Waals surface area contributed by atoms with Crippen molar-refractivity contribution < 1.29 is 20.1 Å². The molecule has 158 valence electrons. The van der Waals surface area contributed by atoms with Crippen LogP contribution in [0.1, 0.15) is 41.5 Å². The van der Waals surface area contributed by atoms with Crippen molar-refractivity contribution in [1.82, 2.24) is 4.90 Å². The maximum absolute atomic E-state index is 12.4. The van der Waals surface area contributed by atoms with Gasteiger partial charge in [0.1, 0.15) is 5.75 Å². The zero-order valence-corrected chi connectivity index (χ0v) is 17.4. The van der Waals surface area contributed by atoms with Gasteiger partial charge >= 0.3 is 0 Å². The van der Waals surface area contributed by atoms with Crippen LogP contribution in [0.2, 0.25) is 0 Å². The number of phenolic OH excluding ortho intramolecular Hbond substituents is 2. The number of nitrogens with zero attached hydrogens (tertiary/aromatic N) is 1. The van der Waals surface area contributed by atoms with Crippen molar-refractivity contribution in [2.75, 3.05) is 20.2 Å². The van der Waals surface area contributed by atoms with Crippen LogP contribution in [0.25, 0.3) is 0 Å². The van der Waals surface area contributed by atoms with E-state index in [1.807, 2.05) is 12.1 Å². The molecule has 4 aliphatic rings. The van der Waals surface area contributed by atoms with E-state index in [0.29, 0.717) is 19.3 Å². The third-order valence-corrected chi connectivity index (χ3v) is 8.34. The molecule has 2 aromatic carbocycles. The molecule has 2 fully saturated rings. The molecule has 0 amide bonds. The quantitative estimate of drug-likeness (QED) is 0.683. The zero-order chi connectivity index (χ0) is 20.7. The number of fused-ring (bicyclic) bond motifs is 2. The maximum Gasteiger partial charge on any atom is 0.161 e. The van der Waals surface area contributed by atoms with E-state index in [9.17, 15) is 15.3 Å². The average molecular weight is 408 g/mol. The Bertz CT molecular complexity index is 1030. The molecule has 0 unspecified atom stereocenters. The second kappa shape index (κ2) is 6.14. The summed E-state index contributed by atoms with van der Waals surface area (Å²) in [4.78, 5) is 2.51. The largest absolute Gasteiger partial charge is 0.504 e. The van der Waals surface area contributed by atoms with Gasteiger partial charge in [0.25, 0.3) is 0 Å². The highest BCUT2D eigenvalue weighted by Crippen LogP contribution is 2.60. The molecule has 2 bridgehead atoms. The lowest BCUT2D eigenvalue weighted by Crippen LogP contribution is -2.74. The summed E-state index contributed by atoms with van der Waals surface area (Å²) < 4.78 is 5.46. The summed E-state index contributed by atoms with van der Waals surface area (Å²) in [6.07, 6.45) is 5.27. The molecular formula is C25H29NO4. The van der Waals surface area contributed by atoms with E-state index in [4.69, 9.17) is 4.74 Å². The van der Waals surface area contributed by atoms with Crippen LogP contribution in [0.4, 0.5) is 0 Å². The molecule has 1 saturated carbocycles. The van der Waals surface area contributed by atoms with Gasteiger partial charge in [0.15, 0.2) is 11.5 Å². The van der Waals surface area contributed by atoms with Crippen LogP contribution in [0.3, 0.4) is 0 Å². The molecule has 1 saturated heterocycles. The fourth-order valence-corrected chi connectivity index (χ4v) is 6.65. The monoisotopic (exact) mass is 407 g/mol. The van der Waals surface area contributed by atoms with Crippen LogP contribution in [0, 0.1) is 5.92 Å². The zero-order valence-electron chi connectivity index (χ0n) is 17.4. The lowest BCUT2D eigenvalue weighted by atomic mass is 9.48. The molecule has 3 N–H and O–H groups in total. The lowest BCUT2D eigenvalue weighted by molar-refractivity contribution is -0.152. The fourth-order valence-electron chi connectivity index (χ4n) is 6.65. The summed E-state index contributed by atoms with van der Waals surface area (Å²) in [5.74, 6) is 1.43. The number of phenols is 2. The van der Waals surface area contributed by atoms with E-state index in [-0.39, 0.29) is 17.5 Å². The van der Waals surface area contributed by atoms with Crippen LogP contribution >= 0.6 is 0 Å². The molecule has 5 heteroatoms. The third-order valence-electron chi connectivity index (χ3n) is 8.34. The number of ether oxygens (including phenoxy) is 1. The van der Waals surface area contributed by atoms with Crippen molar-refractivity contribution in [1.29, 1.82) is 0 Å². The van der Waals surface area contributed by atoms with Crippen molar-refractivity contribution >= 4 is 0 Å². The smallest absolute Gasteiger partial charge is 0.161 e. The third kappa shape index (κ3) is 2.36. The highest BCUT2D eigenvalue weighted by Gasteiger charge is 2.65. The van der Waals surface area contributed by atoms with Gasteiger partial charge in [-0.15, -0.1) is 0 Å². The minimum absolute atomic E-state index is 0.0264. The summed E-state index contributed by atoms with van der Waals surface area (Å²) in [5.41, 5.74) is 2.58. The standard InChI is InChI=1S/C25H29NO4/c1-30-19-6-4-17-13-25(29)21-11-16-5-7-20(27)23(28)22(16)24(25,12-18(17)10-19)8-9-26(21)14-15-2-3-15/h4-7,10,15,21,27-29H,2-3,8-9,11-14H2,1H3/t21-,24-,25-/m1/s1. The first-order valence-electron chi connectivity index (χ1n) is 11.1. The van der Waals surface area contributed by atoms with Crippen molar-refractivity contribution in [2.45, 2.75) is 55.6 Å². The van der Waals surface area contributed by atoms with Gasteiger partial charge in [-0.25, -0.2) is 0 Å². The topological polar surface area (TPSA) is 73.2 Å². The Kier molecular flexibility index (Phi) is 3.79. The van der Waals surface area contributed by atoms with Crippen LogP contribution in [0.15, 0.2) is 30.3 Å². The Morgan fingerprint density at radius 2 is 1.87 bits per heavy atom. The van der Waals surface area contributed by atoms with Gasteiger partial charge in [-0.2, -0.15) is 0 Å². The summed E-state index contributed by atoms with van der Waals surface area (Å²) >= 11 is 0.